The van der Waals surface area contributed by atoms with Crippen LogP contribution in [-0.2, 0) is 4.79 Å². The van der Waals surface area contributed by atoms with Gasteiger partial charge in [-0.25, -0.2) is 4.79 Å². The van der Waals surface area contributed by atoms with Crippen LogP contribution in [0.3, 0.4) is 0 Å². The maximum atomic E-state index is 11.7. The van der Waals surface area contributed by atoms with Crippen molar-refractivity contribution in [1.82, 2.24) is 20.8 Å². The van der Waals surface area contributed by atoms with Gasteiger partial charge in [0, 0.05) is 12.1 Å². The Labute approximate surface area is 144 Å². The van der Waals surface area contributed by atoms with Crippen LogP contribution in [0.15, 0.2) is 27.8 Å². The molecule has 24 heavy (non-hydrogen) atoms. The number of imide groups is 1. The van der Waals surface area contributed by atoms with Crippen molar-refractivity contribution in [2.45, 2.75) is 32.4 Å². The molecule has 0 fully saturated rings. The van der Waals surface area contributed by atoms with Crippen molar-refractivity contribution in [1.29, 1.82) is 0 Å². The smallest absolute Gasteiger partial charge is 0.321 e. The molecule has 1 heterocycles. The molecule has 7 nitrogen and oxygen atoms in total. The second-order valence-corrected chi connectivity index (χ2v) is 6.27. The van der Waals surface area contributed by atoms with Gasteiger partial charge >= 0.3 is 6.03 Å². The van der Waals surface area contributed by atoms with E-state index in [0.29, 0.717) is 12.4 Å². The monoisotopic (exact) mass is 348 g/mol. The van der Waals surface area contributed by atoms with E-state index in [9.17, 15) is 9.59 Å². The van der Waals surface area contributed by atoms with Crippen molar-refractivity contribution >= 4 is 23.7 Å². The van der Waals surface area contributed by atoms with E-state index in [1.807, 2.05) is 32.9 Å². The molecule has 2 N–H and O–H groups in total. The molecule has 128 valence electrons. The van der Waals surface area contributed by atoms with Crippen molar-refractivity contribution in [3.8, 4) is 11.5 Å². The Balaban J connectivity index is 1.90. The Bertz CT molecular complexity index is 710. The number of nitrogens with zero attached hydrogens (tertiary/aromatic N) is 2. The van der Waals surface area contributed by atoms with Gasteiger partial charge in [-0.15, -0.1) is 10.2 Å². The molecule has 1 aromatic carbocycles. The molecule has 0 aliphatic rings. The fourth-order valence-corrected chi connectivity index (χ4v) is 2.62. The van der Waals surface area contributed by atoms with E-state index in [0.717, 1.165) is 34.9 Å². The van der Waals surface area contributed by atoms with Gasteiger partial charge in [0.15, 0.2) is 0 Å². The van der Waals surface area contributed by atoms with Gasteiger partial charge in [-0.1, -0.05) is 35.9 Å². The molecule has 2 aromatic rings. The molecule has 0 aliphatic carbocycles. The van der Waals surface area contributed by atoms with Gasteiger partial charge < -0.3 is 9.73 Å². The van der Waals surface area contributed by atoms with Gasteiger partial charge in [-0.05, 0) is 32.4 Å². The Hall–Kier alpha value is -2.35. The normalized spacial score (nSPS) is 10.5. The zero-order valence-corrected chi connectivity index (χ0v) is 14.7. The lowest BCUT2D eigenvalue weighted by molar-refractivity contribution is -0.117. The van der Waals surface area contributed by atoms with Crippen LogP contribution in [-0.4, -0.2) is 34.4 Å². The second-order valence-electron chi connectivity index (χ2n) is 5.34. The second kappa shape index (κ2) is 8.49. The molecule has 0 radical (unpaired) electrons. The van der Waals surface area contributed by atoms with Crippen molar-refractivity contribution in [3.63, 3.8) is 0 Å². The standard InChI is InChI=1S/C16H20N4O3S/c1-4-5-17-15(22)18-13(21)9-24-16-20-19-14(23-16)12-7-10(2)6-11(3)8-12/h6-8H,4-5,9H2,1-3H3,(H2,17,18,21,22). The first-order chi connectivity index (χ1) is 11.5. The van der Waals surface area contributed by atoms with Crippen LogP contribution >= 0.6 is 11.8 Å². The summed E-state index contributed by atoms with van der Waals surface area (Å²) < 4.78 is 5.56. The highest BCUT2D eigenvalue weighted by atomic mass is 32.2. The van der Waals surface area contributed by atoms with Crippen LogP contribution in [0.5, 0.6) is 0 Å². The number of aromatic nitrogens is 2. The number of hydrogen-bond acceptors (Lipinski definition) is 6. The van der Waals surface area contributed by atoms with Gasteiger partial charge in [0.05, 0.1) is 5.75 Å². The van der Waals surface area contributed by atoms with Crippen LogP contribution in [0.2, 0.25) is 0 Å². The number of carbonyl (C=O) groups excluding carboxylic acids is 2. The van der Waals surface area contributed by atoms with E-state index in [-0.39, 0.29) is 11.0 Å². The number of nitrogens with one attached hydrogen (secondary N) is 2. The molecule has 8 heteroatoms. The lowest BCUT2D eigenvalue weighted by Gasteiger charge is -2.04. The minimum absolute atomic E-state index is 0.0218. The highest BCUT2D eigenvalue weighted by Gasteiger charge is 2.13. The lowest BCUT2D eigenvalue weighted by atomic mass is 10.1. The fraction of sp³-hybridized carbons (Fsp3) is 0.375. The Morgan fingerprint density at radius 2 is 1.88 bits per heavy atom. The third kappa shape index (κ3) is 5.38. The predicted molar refractivity (Wildman–Crippen MR) is 91.8 cm³/mol. The Kier molecular flexibility index (Phi) is 6.36. The average molecular weight is 348 g/mol. The van der Waals surface area contributed by atoms with Crippen LogP contribution < -0.4 is 10.6 Å². The predicted octanol–water partition coefficient (Wildman–Crippen LogP) is 2.68. The molecule has 0 atom stereocenters. The van der Waals surface area contributed by atoms with Crippen molar-refractivity contribution < 1.29 is 14.0 Å². The van der Waals surface area contributed by atoms with Gasteiger partial charge in [0.1, 0.15) is 0 Å². The number of carbonyl (C=O) groups is 2. The summed E-state index contributed by atoms with van der Waals surface area (Å²) in [7, 11) is 0. The Morgan fingerprint density at radius 1 is 1.17 bits per heavy atom. The van der Waals surface area contributed by atoms with Crippen LogP contribution in [0.25, 0.3) is 11.5 Å². The van der Waals surface area contributed by atoms with Gasteiger partial charge in [0.2, 0.25) is 11.8 Å². The maximum absolute atomic E-state index is 11.7. The molecule has 0 aliphatic heterocycles. The largest absolute Gasteiger partial charge is 0.411 e. The highest BCUT2D eigenvalue weighted by molar-refractivity contribution is 7.99. The minimum atomic E-state index is -0.496. The third-order valence-electron chi connectivity index (χ3n) is 2.99. The molecule has 0 bridgehead atoms. The SMILES string of the molecule is CCCNC(=O)NC(=O)CSc1nnc(-c2cc(C)cc(C)c2)o1. The summed E-state index contributed by atoms with van der Waals surface area (Å²) in [6.07, 6.45) is 0.805. The molecular weight excluding hydrogens is 328 g/mol. The average Bonchev–Trinajstić information content (AvgIpc) is 2.99. The molecule has 0 saturated heterocycles. The lowest BCUT2D eigenvalue weighted by Crippen LogP contribution is -2.40. The molecule has 1 aromatic heterocycles. The van der Waals surface area contributed by atoms with E-state index in [1.54, 1.807) is 0 Å². The Morgan fingerprint density at radius 3 is 2.54 bits per heavy atom. The highest BCUT2D eigenvalue weighted by Crippen LogP contribution is 2.24. The number of aryl methyl sites for hydroxylation is 2. The summed E-state index contributed by atoms with van der Waals surface area (Å²) in [5.74, 6) is 0.0127. The molecule has 0 saturated carbocycles. The topological polar surface area (TPSA) is 97.1 Å². The van der Waals surface area contributed by atoms with Crippen molar-refractivity contribution in [3.05, 3.63) is 29.3 Å². The number of benzene rings is 1. The summed E-state index contributed by atoms with van der Waals surface area (Å²) in [6.45, 7) is 6.45. The number of hydrogen-bond donors (Lipinski definition) is 2. The molecule has 3 amide bonds. The van der Waals surface area contributed by atoms with E-state index >= 15 is 0 Å². The maximum Gasteiger partial charge on any atom is 0.321 e. The molecule has 0 spiro atoms. The summed E-state index contributed by atoms with van der Waals surface area (Å²) in [4.78, 5) is 23.0. The first kappa shape index (κ1) is 18.0. The molecule has 2 rings (SSSR count). The summed E-state index contributed by atoms with van der Waals surface area (Å²) in [5.41, 5.74) is 3.06. The van der Waals surface area contributed by atoms with Crippen LogP contribution in [0, 0.1) is 13.8 Å². The summed E-state index contributed by atoms with van der Waals surface area (Å²) in [6, 6.07) is 5.48. The van der Waals surface area contributed by atoms with E-state index < -0.39 is 11.9 Å². The minimum Gasteiger partial charge on any atom is -0.411 e. The summed E-state index contributed by atoms with van der Waals surface area (Å²) >= 11 is 1.09. The van der Waals surface area contributed by atoms with E-state index in [2.05, 4.69) is 26.9 Å². The summed E-state index contributed by atoms with van der Waals surface area (Å²) in [5, 5.41) is 13.0. The molecule has 0 unspecified atom stereocenters. The number of rotatable bonds is 6. The van der Waals surface area contributed by atoms with E-state index in [1.165, 1.54) is 0 Å². The zero-order chi connectivity index (χ0) is 17.5. The van der Waals surface area contributed by atoms with Crippen molar-refractivity contribution in [2.24, 2.45) is 0 Å². The van der Waals surface area contributed by atoms with E-state index in [4.69, 9.17) is 4.42 Å². The van der Waals surface area contributed by atoms with Crippen molar-refractivity contribution in [2.75, 3.05) is 12.3 Å². The van der Waals surface area contributed by atoms with Gasteiger partial charge in [-0.2, -0.15) is 0 Å². The number of thioether (sulfide) groups is 1. The zero-order valence-electron chi connectivity index (χ0n) is 13.9. The van der Waals surface area contributed by atoms with Gasteiger partial charge in [-0.3, -0.25) is 10.1 Å². The number of amides is 3. The van der Waals surface area contributed by atoms with Crippen LogP contribution in [0.1, 0.15) is 24.5 Å². The quantitative estimate of drug-likeness (QED) is 0.779. The first-order valence-electron chi connectivity index (χ1n) is 7.60. The third-order valence-corrected chi connectivity index (χ3v) is 3.81. The van der Waals surface area contributed by atoms with Crippen LogP contribution in [0.4, 0.5) is 4.79 Å². The first-order valence-corrected chi connectivity index (χ1v) is 8.59. The van der Waals surface area contributed by atoms with Gasteiger partial charge in [0.25, 0.3) is 5.22 Å². The number of urea groups is 1. The fourth-order valence-electron chi connectivity index (χ4n) is 2.06. The molecular formula is C16H20N4O3S.